The van der Waals surface area contributed by atoms with Crippen LogP contribution in [0.5, 0.6) is 23.0 Å². The van der Waals surface area contributed by atoms with Crippen molar-refractivity contribution in [3.05, 3.63) is 83.9 Å². The minimum atomic E-state index is -0.765. The molecule has 3 rings (SSSR count). The third-order valence-electron chi connectivity index (χ3n) is 3.42. The predicted molar refractivity (Wildman–Crippen MR) is 92.6 cm³/mol. The maximum absolute atomic E-state index is 12.4. The van der Waals surface area contributed by atoms with Crippen LogP contribution in [0.3, 0.4) is 0 Å². The summed E-state index contributed by atoms with van der Waals surface area (Å²) in [5.74, 6) is -1.34. The van der Waals surface area contributed by atoms with Crippen LogP contribution in [-0.2, 0) is 0 Å². The van der Waals surface area contributed by atoms with Gasteiger partial charge in [0, 0.05) is 12.1 Å². The molecule has 0 aliphatic carbocycles. The van der Waals surface area contributed by atoms with Crippen LogP contribution in [0.2, 0.25) is 0 Å². The van der Waals surface area contributed by atoms with Crippen molar-refractivity contribution >= 4 is 11.9 Å². The fourth-order valence-electron chi connectivity index (χ4n) is 2.26. The van der Waals surface area contributed by atoms with Gasteiger partial charge in [0.05, 0.1) is 11.1 Å². The highest BCUT2D eigenvalue weighted by atomic mass is 16.5. The lowest BCUT2D eigenvalue weighted by Crippen LogP contribution is -2.17. The maximum Gasteiger partial charge on any atom is 0.344 e. The molecule has 26 heavy (non-hydrogen) atoms. The van der Waals surface area contributed by atoms with Crippen molar-refractivity contribution < 1.29 is 29.3 Å². The Balaban J connectivity index is 1.83. The van der Waals surface area contributed by atoms with Gasteiger partial charge in [-0.05, 0) is 36.4 Å². The number of aromatic hydroxyl groups is 2. The molecule has 0 spiro atoms. The molecule has 0 saturated heterocycles. The largest absolute Gasteiger partial charge is 0.508 e. The Bertz CT molecular complexity index is 885. The second-order valence-electron chi connectivity index (χ2n) is 5.32. The first-order valence-corrected chi connectivity index (χ1v) is 7.64. The highest BCUT2D eigenvalue weighted by molar-refractivity contribution is 6.04. The summed E-state index contributed by atoms with van der Waals surface area (Å²) in [6.07, 6.45) is 0. The summed E-state index contributed by atoms with van der Waals surface area (Å²) < 4.78 is 10.4. The summed E-state index contributed by atoms with van der Waals surface area (Å²) in [4.78, 5) is 24.8. The first-order valence-electron chi connectivity index (χ1n) is 7.64. The molecule has 6 heteroatoms. The lowest BCUT2D eigenvalue weighted by Gasteiger charge is -2.10. The number of phenolic OH excluding ortho intramolecular Hbond substituents is 2. The second-order valence-corrected chi connectivity index (χ2v) is 5.32. The van der Waals surface area contributed by atoms with E-state index in [1.807, 2.05) is 0 Å². The first kappa shape index (κ1) is 17.0. The van der Waals surface area contributed by atoms with Gasteiger partial charge >= 0.3 is 11.9 Å². The van der Waals surface area contributed by atoms with Crippen molar-refractivity contribution in [2.24, 2.45) is 0 Å². The fraction of sp³-hybridized carbons (Fsp3) is 0. The molecule has 130 valence electrons. The maximum atomic E-state index is 12.4. The minimum Gasteiger partial charge on any atom is -0.508 e. The van der Waals surface area contributed by atoms with E-state index in [0.717, 1.165) is 0 Å². The van der Waals surface area contributed by atoms with E-state index in [4.69, 9.17) is 9.47 Å². The number of phenols is 2. The predicted octanol–water partition coefficient (Wildman–Crippen LogP) is 3.54. The van der Waals surface area contributed by atoms with Gasteiger partial charge in [0.1, 0.15) is 23.0 Å². The number of hydrogen-bond acceptors (Lipinski definition) is 6. The Morgan fingerprint density at radius 3 is 1.42 bits per heavy atom. The van der Waals surface area contributed by atoms with Crippen molar-refractivity contribution in [3.63, 3.8) is 0 Å². The van der Waals surface area contributed by atoms with Gasteiger partial charge in [-0.3, -0.25) is 0 Å². The molecule has 3 aromatic carbocycles. The molecule has 0 amide bonds. The van der Waals surface area contributed by atoms with E-state index in [1.165, 1.54) is 60.7 Å². The van der Waals surface area contributed by atoms with Crippen LogP contribution in [0.15, 0.2) is 72.8 Å². The Morgan fingerprint density at radius 2 is 1.04 bits per heavy atom. The average molecular weight is 350 g/mol. The van der Waals surface area contributed by atoms with Gasteiger partial charge in [0.2, 0.25) is 0 Å². The van der Waals surface area contributed by atoms with Crippen LogP contribution in [-0.4, -0.2) is 22.2 Å². The van der Waals surface area contributed by atoms with Crippen molar-refractivity contribution in [1.29, 1.82) is 0 Å². The Morgan fingerprint density at radius 1 is 0.615 bits per heavy atom. The molecule has 0 radical (unpaired) electrons. The monoisotopic (exact) mass is 350 g/mol. The highest BCUT2D eigenvalue weighted by Crippen LogP contribution is 2.22. The van der Waals surface area contributed by atoms with Gasteiger partial charge in [-0.15, -0.1) is 0 Å². The molecule has 0 unspecified atom stereocenters. The van der Waals surface area contributed by atoms with E-state index < -0.39 is 11.9 Å². The zero-order valence-electron chi connectivity index (χ0n) is 13.5. The van der Waals surface area contributed by atoms with Gasteiger partial charge in [-0.25, -0.2) is 9.59 Å². The molecule has 0 aliphatic heterocycles. The summed E-state index contributed by atoms with van der Waals surface area (Å²) in [7, 11) is 0. The highest BCUT2D eigenvalue weighted by Gasteiger charge is 2.20. The Hall–Kier alpha value is -3.80. The number of carbonyl (C=O) groups excluding carboxylic acids is 2. The van der Waals surface area contributed by atoms with E-state index >= 15 is 0 Å². The molecule has 0 aliphatic rings. The Kier molecular flexibility index (Phi) is 4.85. The molecule has 0 bridgehead atoms. The fourth-order valence-corrected chi connectivity index (χ4v) is 2.26. The number of ether oxygens (including phenoxy) is 2. The van der Waals surface area contributed by atoms with Crippen molar-refractivity contribution in [2.45, 2.75) is 0 Å². The molecule has 3 aromatic rings. The van der Waals surface area contributed by atoms with Crippen LogP contribution in [0, 0.1) is 0 Å². The number of rotatable bonds is 4. The van der Waals surface area contributed by atoms with Gasteiger partial charge in [-0.2, -0.15) is 0 Å². The van der Waals surface area contributed by atoms with Crippen LogP contribution < -0.4 is 9.47 Å². The Labute approximate surface area is 148 Å². The molecule has 0 saturated carbocycles. The topological polar surface area (TPSA) is 93.1 Å². The lowest BCUT2D eigenvalue weighted by atomic mass is 10.1. The van der Waals surface area contributed by atoms with E-state index in [0.29, 0.717) is 0 Å². The molecule has 6 nitrogen and oxygen atoms in total. The van der Waals surface area contributed by atoms with E-state index in [9.17, 15) is 19.8 Å². The molecule has 2 N–H and O–H groups in total. The van der Waals surface area contributed by atoms with Crippen molar-refractivity contribution in [1.82, 2.24) is 0 Å². The quantitative estimate of drug-likeness (QED) is 0.552. The minimum absolute atomic E-state index is 0.0148. The van der Waals surface area contributed by atoms with E-state index in [2.05, 4.69) is 0 Å². The van der Waals surface area contributed by atoms with Gasteiger partial charge in [-0.1, -0.05) is 24.3 Å². The number of hydrogen-bond donors (Lipinski definition) is 2. The third kappa shape index (κ3) is 3.99. The number of benzene rings is 3. The smallest absolute Gasteiger partial charge is 0.344 e. The number of esters is 2. The SMILES string of the molecule is O=C(Oc1cccc(O)c1)c1ccccc1C(=O)Oc1cccc(O)c1. The zero-order chi connectivity index (χ0) is 18.5. The van der Waals surface area contributed by atoms with E-state index in [-0.39, 0.29) is 34.1 Å². The summed E-state index contributed by atoms with van der Waals surface area (Å²) in [6.45, 7) is 0. The molecular formula is C20H14O6. The summed E-state index contributed by atoms with van der Waals surface area (Å²) in [5, 5.41) is 18.9. The average Bonchev–Trinajstić information content (AvgIpc) is 2.61. The van der Waals surface area contributed by atoms with Crippen LogP contribution >= 0.6 is 0 Å². The van der Waals surface area contributed by atoms with Gasteiger partial charge in [0.25, 0.3) is 0 Å². The van der Waals surface area contributed by atoms with Crippen LogP contribution in [0.25, 0.3) is 0 Å². The number of carbonyl (C=O) groups is 2. The third-order valence-corrected chi connectivity index (χ3v) is 3.42. The normalized spacial score (nSPS) is 10.2. The second kappa shape index (κ2) is 7.40. The van der Waals surface area contributed by atoms with Crippen LogP contribution in [0.4, 0.5) is 0 Å². The first-order chi connectivity index (χ1) is 12.5. The van der Waals surface area contributed by atoms with Gasteiger partial charge < -0.3 is 19.7 Å². The molecule has 0 aromatic heterocycles. The molecular weight excluding hydrogens is 336 g/mol. The van der Waals surface area contributed by atoms with Crippen molar-refractivity contribution in [3.8, 4) is 23.0 Å². The van der Waals surface area contributed by atoms with Gasteiger partial charge in [0.15, 0.2) is 0 Å². The van der Waals surface area contributed by atoms with E-state index in [1.54, 1.807) is 12.1 Å². The summed E-state index contributed by atoms with van der Waals surface area (Å²) in [5.41, 5.74) is 0.0296. The molecule has 0 heterocycles. The lowest BCUT2D eigenvalue weighted by molar-refractivity contribution is 0.0691. The summed E-state index contributed by atoms with van der Waals surface area (Å²) >= 11 is 0. The standard InChI is InChI=1S/C20H14O6/c21-13-5-3-7-15(11-13)25-19(23)17-9-1-2-10-18(17)20(24)26-16-8-4-6-14(22)12-16/h1-12,21-22H. The van der Waals surface area contributed by atoms with Crippen molar-refractivity contribution in [2.75, 3.05) is 0 Å². The molecule has 0 atom stereocenters. The molecule has 0 fully saturated rings. The summed E-state index contributed by atoms with van der Waals surface area (Å²) in [6, 6.07) is 17.6. The van der Waals surface area contributed by atoms with Crippen LogP contribution in [0.1, 0.15) is 20.7 Å². The zero-order valence-corrected chi connectivity index (χ0v) is 13.5.